The van der Waals surface area contributed by atoms with E-state index in [4.69, 9.17) is 4.99 Å². The smallest absolute Gasteiger partial charge is 0.335 e. The number of aliphatic imine (C=N–C) groups is 1. The summed E-state index contributed by atoms with van der Waals surface area (Å²) in [6.45, 7) is 2.89. The van der Waals surface area contributed by atoms with Crippen molar-refractivity contribution in [3.8, 4) is 0 Å². The number of likely N-dealkylation sites (tertiary alicyclic amines) is 1. The van der Waals surface area contributed by atoms with Crippen molar-refractivity contribution in [2.45, 2.75) is 30.7 Å². The first-order valence-corrected chi connectivity index (χ1v) is 14.8. The lowest BCUT2D eigenvalue weighted by atomic mass is 9.82. The Morgan fingerprint density at radius 1 is 0.864 bits per heavy atom. The molecule has 0 radical (unpaired) electrons. The van der Waals surface area contributed by atoms with Crippen molar-refractivity contribution >= 4 is 17.7 Å². The Morgan fingerprint density at radius 2 is 1.52 bits per heavy atom. The van der Waals surface area contributed by atoms with Gasteiger partial charge in [0.15, 0.2) is 11.4 Å². The van der Waals surface area contributed by atoms with Crippen molar-refractivity contribution in [2.24, 2.45) is 4.99 Å². The first-order valence-electron chi connectivity index (χ1n) is 14.8. The van der Waals surface area contributed by atoms with E-state index in [1.54, 1.807) is 65.7 Å². The van der Waals surface area contributed by atoms with Gasteiger partial charge < -0.3 is 10.0 Å². The van der Waals surface area contributed by atoms with Gasteiger partial charge in [0, 0.05) is 12.7 Å². The number of hydrogen-bond acceptors (Lipinski definition) is 5. The number of halogens is 2. The molecular formula is C35H32F2N4O3. The van der Waals surface area contributed by atoms with E-state index in [1.807, 2.05) is 12.1 Å². The quantitative estimate of drug-likeness (QED) is 0.262. The average Bonchev–Trinajstić information content (AvgIpc) is 3.35. The number of hydrogen-bond donors (Lipinski definition) is 1. The summed E-state index contributed by atoms with van der Waals surface area (Å²) in [5, 5.41) is 9.35. The van der Waals surface area contributed by atoms with Gasteiger partial charge in [0.25, 0.3) is 5.91 Å². The van der Waals surface area contributed by atoms with Crippen LogP contribution in [0.4, 0.5) is 8.78 Å². The third-order valence-electron chi connectivity index (χ3n) is 8.55. The number of aromatic carboxylic acids is 1. The second-order valence-electron chi connectivity index (χ2n) is 11.2. The minimum absolute atomic E-state index is 0.298. The lowest BCUT2D eigenvalue weighted by Crippen LogP contribution is -2.43. The summed E-state index contributed by atoms with van der Waals surface area (Å²) >= 11 is 0. The zero-order valence-electron chi connectivity index (χ0n) is 24.1. The highest BCUT2D eigenvalue weighted by Gasteiger charge is 2.51. The molecule has 1 N–H and O–H groups in total. The van der Waals surface area contributed by atoms with Crippen LogP contribution < -0.4 is 0 Å². The van der Waals surface area contributed by atoms with Gasteiger partial charge in [0.2, 0.25) is 0 Å². The lowest BCUT2D eigenvalue weighted by molar-refractivity contribution is -0.130. The lowest BCUT2D eigenvalue weighted by Gasteiger charge is -2.33. The number of piperidine rings is 1. The number of rotatable bonds is 9. The minimum atomic E-state index is -1.52. The first kappa shape index (κ1) is 29.3. The van der Waals surface area contributed by atoms with Gasteiger partial charge in [0.1, 0.15) is 17.3 Å². The van der Waals surface area contributed by atoms with Crippen LogP contribution in [0.3, 0.4) is 0 Å². The maximum absolute atomic E-state index is 14.5. The number of amidine groups is 1. The summed E-state index contributed by atoms with van der Waals surface area (Å²) in [7, 11) is 0. The summed E-state index contributed by atoms with van der Waals surface area (Å²) in [6.07, 6.45) is 4.17. The second-order valence-corrected chi connectivity index (χ2v) is 11.2. The molecule has 0 aliphatic carbocycles. The van der Waals surface area contributed by atoms with Gasteiger partial charge in [0.05, 0.1) is 5.56 Å². The number of benzene rings is 3. The van der Waals surface area contributed by atoms with Crippen LogP contribution in [0.2, 0.25) is 0 Å². The molecule has 3 heterocycles. The van der Waals surface area contributed by atoms with Gasteiger partial charge in [-0.15, -0.1) is 0 Å². The first-order chi connectivity index (χ1) is 21.3. The van der Waals surface area contributed by atoms with Crippen LogP contribution in [0.5, 0.6) is 0 Å². The van der Waals surface area contributed by atoms with Crippen molar-refractivity contribution in [2.75, 3.05) is 26.2 Å². The molecule has 1 saturated heterocycles. The van der Waals surface area contributed by atoms with E-state index >= 15 is 0 Å². The molecule has 0 saturated carbocycles. The number of carbonyl (C=O) groups is 2. The Bertz CT molecular complexity index is 1620. The highest BCUT2D eigenvalue weighted by Crippen LogP contribution is 2.41. The Labute approximate surface area is 254 Å². The molecule has 9 heteroatoms. The van der Waals surface area contributed by atoms with Crippen molar-refractivity contribution in [3.05, 3.63) is 137 Å². The molecule has 1 fully saturated rings. The fourth-order valence-electron chi connectivity index (χ4n) is 6.25. The number of carbonyl (C=O) groups excluding carboxylic acids is 1. The van der Waals surface area contributed by atoms with Crippen LogP contribution in [0.25, 0.3) is 0 Å². The highest BCUT2D eigenvalue weighted by atomic mass is 19.1. The number of amides is 1. The fourth-order valence-corrected chi connectivity index (χ4v) is 6.25. The zero-order chi connectivity index (χ0) is 30.7. The number of pyridine rings is 1. The predicted molar refractivity (Wildman–Crippen MR) is 163 cm³/mol. The van der Waals surface area contributed by atoms with Gasteiger partial charge in [-0.1, -0.05) is 42.5 Å². The summed E-state index contributed by atoms with van der Waals surface area (Å²) in [6, 6.07) is 24.0. The number of nitrogens with zero attached hydrogens (tertiary/aromatic N) is 4. The Hall–Kier alpha value is -4.76. The van der Waals surface area contributed by atoms with Crippen LogP contribution in [0, 0.1) is 11.6 Å². The van der Waals surface area contributed by atoms with E-state index in [-0.39, 0.29) is 5.91 Å². The van der Waals surface area contributed by atoms with E-state index < -0.39 is 23.1 Å². The van der Waals surface area contributed by atoms with E-state index in [0.717, 1.165) is 38.0 Å². The van der Waals surface area contributed by atoms with Gasteiger partial charge >= 0.3 is 5.97 Å². The van der Waals surface area contributed by atoms with Gasteiger partial charge in [-0.05, 0) is 110 Å². The topological polar surface area (TPSA) is 86.1 Å². The molecule has 44 heavy (non-hydrogen) atoms. The zero-order valence-corrected chi connectivity index (χ0v) is 24.1. The molecule has 224 valence electrons. The summed E-state index contributed by atoms with van der Waals surface area (Å²) < 4.78 is 27.9. The number of aromatic nitrogens is 1. The summed E-state index contributed by atoms with van der Waals surface area (Å²) in [5.74, 6) is -1.36. The van der Waals surface area contributed by atoms with Crippen LogP contribution in [-0.2, 0) is 10.3 Å². The molecule has 4 aromatic rings. The number of carboxylic acid groups (broad SMARTS) is 1. The van der Waals surface area contributed by atoms with Crippen LogP contribution in [0.1, 0.15) is 57.9 Å². The SMILES string of the molecule is O=C(O)c1cccc(C2CCN(CCCN3C(=O)C(c4ccc(F)cc4)(c4ccc(F)cc4)N=C3c3ccccn3)CC2)c1. The maximum Gasteiger partial charge on any atom is 0.335 e. The van der Waals surface area contributed by atoms with Gasteiger partial charge in [-0.25, -0.2) is 18.6 Å². The van der Waals surface area contributed by atoms with E-state index in [9.17, 15) is 23.5 Å². The molecule has 3 aromatic carbocycles. The van der Waals surface area contributed by atoms with Crippen molar-refractivity contribution < 1.29 is 23.5 Å². The maximum atomic E-state index is 14.5. The predicted octanol–water partition coefficient (Wildman–Crippen LogP) is 5.86. The largest absolute Gasteiger partial charge is 0.478 e. The molecular weight excluding hydrogens is 562 g/mol. The molecule has 1 aromatic heterocycles. The Morgan fingerprint density at radius 3 is 2.11 bits per heavy atom. The van der Waals surface area contributed by atoms with Gasteiger partial charge in [-0.3, -0.25) is 14.7 Å². The van der Waals surface area contributed by atoms with Crippen LogP contribution in [-0.4, -0.2) is 63.8 Å². The molecule has 0 spiro atoms. The van der Waals surface area contributed by atoms with Crippen LogP contribution >= 0.6 is 0 Å². The fraction of sp³-hybridized carbons (Fsp3) is 0.257. The average molecular weight is 595 g/mol. The summed E-state index contributed by atoms with van der Waals surface area (Å²) in [5.41, 5.74) is 1.36. The standard InChI is InChI=1S/C35H32F2N4O3/c36-29-12-8-27(9-13-29)35(28-10-14-30(37)15-11-28)34(44)41(32(39-35)31-7-1-2-18-38-31)20-4-19-40-21-16-24(17-22-40)25-5-3-6-26(23-25)33(42)43/h1-3,5-15,18,23-24H,4,16-17,19-22H2,(H,42,43). The normalized spacial score (nSPS) is 17.1. The molecule has 2 aliphatic rings. The Balaban J connectivity index is 1.22. The van der Waals surface area contributed by atoms with Crippen LogP contribution in [0.15, 0.2) is 102 Å². The van der Waals surface area contributed by atoms with Gasteiger partial charge in [-0.2, -0.15) is 0 Å². The molecule has 1 amide bonds. The van der Waals surface area contributed by atoms with E-state index in [1.165, 1.54) is 24.3 Å². The van der Waals surface area contributed by atoms with E-state index in [0.29, 0.717) is 47.1 Å². The monoisotopic (exact) mass is 594 g/mol. The van der Waals surface area contributed by atoms with Crippen molar-refractivity contribution in [3.63, 3.8) is 0 Å². The minimum Gasteiger partial charge on any atom is -0.478 e. The molecule has 0 unspecified atom stereocenters. The summed E-state index contributed by atoms with van der Waals surface area (Å²) in [4.78, 5) is 39.4. The van der Waals surface area contributed by atoms with E-state index in [2.05, 4.69) is 9.88 Å². The van der Waals surface area contributed by atoms with Crippen molar-refractivity contribution in [1.82, 2.24) is 14.8 Å². The molecule has 2 aliphatic heterocycles. The third kappa shape index (κ3) is 5.75. The van der Waals surface area contributed by atoms with Crippen molar-refractivity contribution in [1.29, 1.82) is 0 Å². The second kappa shape index (κ2) is 12.5. The molecule has 0 bridgehead atoms. The molecule has 7 nitrogen and oxygen atoms in total. The number of carboxylic acids is 1. The Kier molecular flexibility index (Phi) is 8.30. The third-order valence-corrected chi connectivity index (χ3v) is 8.55. The molecule has 0 atom stereocenters. The molecule has 6 rings (SSSR count). The highest BCUT2D eigenvalue weighted by molar-refractivity contribution is 6.16.